The van der Waals surface area contributed by atoms with Crippen LogP contribution in [0.25, 0.3) is 22.4 Å². The van der Waals surface area contributed by atoms with Crippen molar-refractivity contribution in [1.29, 1.82) is 0 Å². The van der Waals surface area contributed by atoms with Crippen LogP contribution in [-0.2, 0) is 24.9 Å². The van der Waals surface area contributed by atoms with Crippen LogP contribution in [0.4, 0.5) is 0 Å². The van der Waals surface area contributed by atoms with Crippen molar-refractivity contribution in [2.24, 2.45) is 5.92 Å². The van der Waals surface area contributed by atoms with Gasteiger partial charge in [0.25, 0.3) is 5.91 Å². The third-order valence-corrected chi connectivity index (χ3v) is 7.66. The molecule has 0 radical (unpaired) electrons. The second-order valence-electron chi connectivity index (χ2n) is 10.6. The van der Waals surface area contributed by atoms with Crippen LogP contribution >= 0.6 is 0 Å². The number of unbranched alkanes of at least 4 members (excludes halogenated alkanes) is 1. The number of fused-ring (bicyclic) bond motifs is 2. The van der Waals surface area contributed by atoms with Crippen LogP contribution in [0.3, 0.4) is 0 Å². The summed E-state index contributed by atoms with van der Waals surface area (Å²) >= 11 is 0. The largest absolute Gasteiger partial charge is 0.331 e. The van der Waals surface area contributed by atoms with Crippen molar-refractivity contribution in [3.8, 4) is 22.4 Å². The normalized spacial score (nSPS) is 17.2. The Morgan fingerprint density at radius 1 is 1.12 bits per heavy atom. The van der Waals surface area contributed by atoms with Gasteiger partial charge in [-0.05, 0) is 63.1 Å². The average Bonchev–Trinajstić information content (AvgIpc) is 3.52. The van der Waals surface area contributed by atoms with E-state index >= 15 is 0 Å². The molecule has 0 saturated carbocycles. The van der Waals surface area contributed by atoms with Gasteiger partial charge in [-0.25, -0.2) is 0 Å². The Labute approximate surface area is 202 Å². The molecule has 4 heterocycles. The molecule has 3 aromatic rings. The number of amides is 1. The predicted octanol–water partition coefficient (Wildman–Crippen LogP) is 5.64. The molecule has 1 atom stereocenters. The molecule has 1 aliphatic carbocycles. The Kier molecular flexibility index (Phi) is 5.78. The fraction of sp³-hybridized carbons (Fsp3) is 0.500. The zero-order chi connectivity index (χ0) is 24.0. The first-order chi connectivity index (χ1) is 16.3. The van der Waals surface area contributed by atoms with Crippen LogP contribution in [-0.4, -0.2) is 37.6 Å². The molecule has 0 saturated heterocycles. The average molecular weight is 458 g/mol. The van der Waals surface area contributed by atoms with Crippen LogP contribution in [0, 0.1) is 5.92 Å². The van der Waals surface area contributed by atoms with Gasteiger partial charge < -0.3 is 4.90 Å². The standard InChI is InChI=1S/C28H35N5O/c1-6-7-9-18(2)16-33-17-21(15-30-33)22-12-19-10-8-11-24(19)31-25(22)20-13-23-26(29-14-20)28(3,4)32(5)27(23)34/h12-15,17-18H,6-11,16H2,1-5H3. The van der Waals surface area contributed by atoms with Gasteiger partial charge in [-0.1, -0.05) is 26.7 Å². The molecular weight excluding hydrogens is 422 g/mol. The highest BCUT2D eigenvalue weighted by Gasteiger charge is 2.42. The molecule has 6 nitrogen and oxygen atoms in total. The van der Waals surface area contributed by atoms with E-state index in [-0.39, 0.29) is 5.91 Å². The van der Waals surface area contributed by atoms with Crippen LogP contribution in [0.15, 0.2) is 30.7 Å². The molecule has 0 N–H and O–H groups in total. The van der Waals surface area contributed by atoms with Gasteiger partial charge in [0.1, 0.15) is 0 Å². The summed E-state index contributed by atoms with van der Waals surface area (Å²) in [6, 6.07) is 4.28. The molecule has 0 bridgehead atoms. The summed E-state index contributed by atoms with van der Waals surface area (Å²) in [6.07, 6.45) is 12.9. The summed E-state index contributed by atoms with van der Waals surface area (Å²) in [7, 11) is 1.85. The van der Waals surface area contributed by atoms with Gasteiger partial charge in [0.05, 0.1) is 28.7 Å². The van der Waals surface area contributed by atoms with E-state index in [2.05, 4.69) is 35.9 Å². The minimum absolute atomic E-state index is 0.0194. The molecule has 5 rings (SSSR count). The minimum Gasteiger partial charge on any atom is -0.331 e. The summed E-state index contributed by atoms with van der Waals surface area (Å²) in [6.45, 7) is 9.54. The van der Waals surface area contributed by atoms with E-state index in [1.54, 1.807) is 4.90 Å². The Morgan fingerprint density at radius 3 is 2.74 bits per heavy atom. The molecule has 178 valence electrons. The van der Waals surface area contributed by atoms with Crippen LogP contribution < -0.4 is 0 Å². The molecule has 1 unspecified atom stereocenters. The Bertz CT molecular complexity index is 1240. The van der Waals surface area contributed by atoms with Crippen molar-refractivity contribution in [1.82, 2.24) is 24.6 Å². The first-order valence-corrected chi connectivity index (χ1v) is 12.6. The number of carbonyl (C=O) groups excluding carboxylic acids is 1. The topological polar surface area (TPSA) is 63.9 Å². The smallest absolute Gasteiger partial charge is 0.256 e. The van der Waals surface area contributed by atoms with E-state index in [4.69, 9.17) is 9.97 Å². The lowest BCUT2D eigenvalue weighted by atomic mass is 9.96. The predicted molar refractivity (Wildman–Crippen MR) is 135 cm³/mol. The van der Waals surface area contributed by atoms with Gasteiger partial charge in [-0.3, -0.25) is 19.4 Å². The van der Waals surface area contributed by atoms with E-state index in [0.29, 0.717) is 11.5 Å². The van der Waals surface area contributed by atoms with Crippen molar-refractivity contribution in [3.05, 3.63) is 53.2 Å². The lowest BCUT2D eigenvalue weighted by Gasteiger charge is -2.27. The molecule has 2 aliphatic rings. The summed E-state index contributed by atoms with van der Waals surface area (Å²) in [5.74, 6) is 0.614. The van der Waals surface area contributed by atoms with Gasteiger partial charge in [0, 0.05) is 48.4 Å². The van der Waals surface area contributed by atoms with Gasteiger partial charge in [0.2, 0.25) is 0 Å². The summed E-state index contributed by atoms with van der Waals surface area (Å²) in [5.41, 5.74) is 7.55. The molecule has 34 heavy (non-hydrogen) atoms. The summed E-state index contributed by atoms with van der Waals surface area (Å²) in [4.78, 5) is 24.6. The fourth-order valence-corrected chi connectivity index (χ4v) is 5.32. The third kappa shape index (κ3) is 3.83. The van der Waals surface area contributed by atoms with E-state index in [1.807, 2.05) is 39.4 Å². The molecule has 6 heteroatoms. The zero-order valence-corrected chi connectivity index (χ0v) is 21.1. The molecule has 1 amide bonds. The quantitative estimate of drug-likeness (QED) is 0.460. The second-order valence-corrected chi connectivity index (χ2v) is 10.6. The van der Waals surface area contributed by atoms with Gasteiger partial charge >= 0.3 is 0 Å². The summed E-state index contributed by atoms with van der Waals surface area (Å²) in [5, 5.41) is 4.68. The first-order valence-electron chi connectivity index (χ1n) is 12.6. The lowest BCUT2D eigenvalue weighted by Crippen LogP contribution is -2.35. The minimum atomic E-state index is -0.408. The number of hydrogen-bond acceptors (Lipinski definition) is 4. The number of aromatic nitrogens is 4. The maximum atomic E-state index is 13.0. The highest BCUT2D eigenvalue weighted by atomic mass is 16.2. The van der Waals surface area contributed by atoms with Crippen LogP contribution in [0.2, 0.25) is 0 Å². The second kappa shape index (κ2) is 8.64. The molecule has 3 aromatic heterocycles. The Morgan fingerprint density at radius 2 is 1.94 bits per heavy atom. The van der Waals surface area contributed by atoms with Crippen LogP contribution in [0.5, 0.6) is 0 Å². The van der Waals surface area contributed by atoms with Crippen LogP contribution in [0.1, 0.15) is 80.7 Å². The monoisotopic (exact) mass is 457 g/mol. The number of pyridine rings is 2. The Hall–Kier alpha value is -3.02. The molecule has 0 spiro atoms. The maximum Gasteiger partial charge on any atom is 0.256 e. The number of rotatable bonds is 7. The maximum absolute atomic E-state index is 13.0. The molecule has 0 fully saturated rings. The van der Waals surface area contributed by atoms with E-state index in [0.717, 1.165) is 53.9 Å². The van der Waals surface area contributed by atoms with Gasteiger partial charge in [-0.15, -0.1) is 0 Å². The van der Waals surface area contributed by atoms with E-state index in [1.165, 1.54) is 30.5 Å². The molecule has 0 aromatic carbocycles. The SMILES string of the molecule is CCCCC(C)Cn1cc(-c2cc3c(nc2-c2cnc4c(c2)C(=O)N(C)C4(C)C)CCC3)cn1. The van der Waals surface area contributed by atoms with Crippen molar-refractivity contribution >= 4 is 5.91 Å². The fourth-order valence-electron chi connectivity index (χ4n) is 5.32. The number of hydrogen-bond donors (Lipinski definition) is 0. The summed E-state index contributed by atoms with van der Waals surface area (Å²) < 4.78 is 2.06. The van der Waals surface area contributed by atoms with Crippen molar-refractivity contribution in [2.45, 2.75) is 78.3 Å². The number of aryl methyl sites for hydroxylation is 2. The highest BCUT2D eigenvalue weighted by molar-refractivity contribution is 6.00. The van der Waals surface area contributed by atoms with E-state index < -0.39 is 5.54 Å². The van der Waals surface area contributed by atoms with Crippen molar-refractivity contribution in [2.75, 3.05) is 7.05 Å². The molecule has 1 aliphatic heterocycles. The van der Waals surface area contributed by atoms with E-state index in [9.17, 15) is 4.79 Å². The lowest BCUT2D eigenvalue weighted by molar-refractivity contribution is 0.0688. The Balaban J connectivity index is 1.55. The van der Waals surface area contributed by atoms with Crippen molar-refractivity contribution in [3.63, 3.8) is 0 Å². The zero-order valence-electron chi connectivity index (χ0n) is 21.1. The third-order valence-electron chi connectivity index (χ3n) is 7.66. The number of nitrogens with zero attached hydrogens (tertiary/aromatic N) is 5. The van der Waals surface area contributed by atoms with Crippen molar-refractivity contribution < 1.29 is 4.79 Å². The number of carbonyl (C=O) groups is 1. The van der Waals surface area contributed by atoms with Gasteiger partial charge in [0.15, 0.2) is 0 Å². The molecular formula is C28H35N5O. The highest BCUT2D eigenvalue weighted by Crippen LogP contribution is 2.40. The first kappa shape index (κ1) is 22.8. The van der Waals surface area contributed by atoms with Gasteiger partial charge in [-0.2, -0.15) is 5.10 Å².